The van der Waals surface area contributed by atoms with E-state index in [0.717, 1.165) is 73.0 Å². The third-order valence-corrected chi connectivity index (χ3v) is 8.04. The van der Waals surface area contributed by atoms with Gasteiger partial charge < -0.3 is 4.74 Å². The number of para-hydroxylation sites is 2. The molecule has 0 unspecified atom stereocenters. The number of ether oxygens (including phenoxy) is 1. The highest BCUT2D eigenvalue weighted by molar-refractivity contribution is 5.90. The molecular weight excluding hydrogens is 550 g/mol. The van der Waals surface area contributed by atoms with Crippen molar-refractivity contribution in [1.29, 1.82) is 0 Å². The molecule has 0 bridgehead atoms. The van der Waals surface area contributed by atoms with Crippen molar-refractivity contribution in [2.24, 2.45) is 0 Å². The average molecular weight is 578 g/mol. The van der Waals surface area contributed by atoms with Crippen LogP contribution >= 0.6 is 0 Å². The molecule has 0 saturated carbocycles. The lowest BCUT2D eigenvalue weighted by molar-refractivity contribution is 0.486. The van der Waals surface area contributed by atoms with Gasteiger partial charge in [0, 0.05) is 40.2 Å². The van der Waals surface area contributed by atoms with E-state index in [-0.39, 0.29) is 0 Å². The van der Waals surface area contributed by atoms with E-state index in [1.54, 1.807) is 6.20 Å². The normalized spacial score (nSPS) is 11.6. The second-order valence-corrected chi connectivity index (χ2v) is 10.9. The first-order valence-electron chi connectivity index (χ1n) is 14.9. The van der Waals surface area contributed by atoms with E-state index in [4.69, 9.17) is 14.7 Å². The second kappa shape index (κ2) is 11.5. The maximum Gasteiger partial charge on any atom is 0.160 e. The molecule has 5 aromatic carbocycles. The lowest BCUT2D eigenvalue weighted by Crippen LogP contribution is -1.97. The molecule has 3 heterocycles. The van der Waals surface area contributed by atoms with Crippen LogP contribution < -0.4 is 4.74 Å². The minimum Gasteiger partial charge on any atom is -0.456 e. The van der Waals surface area contributed by atoms with Crippen LogP contribution in [-0.2, 0) is 0 Å². The zero-order valence-corrected chi connectivity index (χ0v) is 24.3. The quantitative estimate of drug-likeness (QED) is 0.210. The Morgan fingerprint density at radius 2 is 1.02 bits per heavy atom. The van der Waals surface area contributed by atoms with Gasteiger partial charge in [-0.15, -0.1) is 0 Å². The number of fused-ring (bicyclic) bond motifs is 6. The Labute approximate surface area is 262 Å². The fourth-order valence-corrected chi connectivity index (χ4v) is 5.81. The van der Waals surface area contributed by atoms with Crippen molar-refractivity contribution < 1.29 is 4.74 Å². The topological polar surface area (TPSA) is 47.9 Å². The molecule has 0 fully saturated rings. The van der Waals surface area contributed by atoms with E-state index in [9.17, 15) is 0 Å². The van der Waals surface area contributed by atoms with Gasteiger partial charge in [0.05, 0.1) is 11.4 Å². The lowest BCUT2D eigenvalue weighted by Gasteiger charge is -2.16. The van der Waals surface area contributed by atoms with Gasteiger partial charge in [-0.3, -0.25) is 4.98 Å². The molecule has 4 nitrogen and oxygen atoms in total. The van der Waals surface area contributed by atoms with Gasteiger partial charge in [-0.2, -0.15) is 0 Å². The number of aromatic nitrogens is 3. The second-order valence-electron chi connectivity index (χ2n) is 10.9. The predicted molar refractivity (Wildman–Crippen MR) is 182 cm³/mol. The highest BCUT2D eigenvalue weighted by atomic mass is 16.5. The predicted octanol–water partition coefficient (Wildman–Crippen LogP) is 10.5. The minimum absolute atomic E-state index is 0.644. The van der Waals surface area contributed by atoms with Crippen LogP contribution in [0.5, 0.6) is 11.5 Å². The van der Waals surface area contributed by atoms with Crippen LogP contribution in [0.15, 0.2) is 152 Å². The maximum atomic E-state index is 6.72. The van der Waals surface area contributed by atoms with Crippen molar-refractivity contribution in [3.8, 4) is 67.7 Å². The van der Waals surface area contributed by atoms with Crippen LogP contribution in [-0.4, -0.2) is 15.0 Å². The number of hydrogen-bond acceptors (Lipinski definition) is 4. The van der Waals surface area contributed by atoms with Crippen molar-refractivity contribution in [3.05, 3.63) is 163 Å². The van der Waals surface area contributed by atoms with E-state index >= 15 is 0 Å². The third-order valence-electron chi connectivity index (χ3n) is 8.04. The number of hydrogen-bond donors (Lipinski definition) is 0. The molecule has 0 spiro atoms. The Morgan fingerprint density at radius 1 is 0.422 bits per heavy atom. The Hall–Kier alpha value is -6.13. The van der Waals surface area contributed by atoms with Gasteiger partial charge in [0.2, 0.25) is 0 Å². The summed E-state index contributed by atoms with van der Waals surface area (Å²) in [6, 6.07) is 47.5. The molecule has 8 rings (SSSR count). The summed E-state index contributed by atoms with van der Waals surface area (Å²) in [6.45, 7) is 0. The Morgan fingerprint density at radius 3 is 1.76 bits per heavy atom. The first-order chi connectivity index (χ1) is 22.3. The van der Waals surface area contributed by atoms with Crippen molar-refractivity contribution in [1.82, 2.24) is 15.0 Å². The van der Waals surface area contributed by atoms with E-state index in [1.165, 1.54) is 0 Å². The van der Waals surface area contributed by atoms with Gasteiger partial charge in [-0.25, -0.2) is 9.97 Å². The van der Waals surface area contributed by atoms with Gasteiger partial charge in [-0.05, 0) is 58.7 Å². The summed E-state index contributed by atoms with van der Waals surface area (Å²) < 4.78 is 6.72. The van der Waals surface area contributed by atoms with E-state index in [2.05, 4.69) is 96.0 Å². The Balaban J connectivity index is 1.34. The molecule has 7 aromatic rings. The monoisotopic (exact) mass is 577 g/mol. The van der Waals surface area contributed by atoms with Crippen molar-refractivity contribution in [2.45, 2.75) is 0 Å². The molecular formula is C41H27N3O. The summed E-state index contributed by atoms with van der Waals surface area (Å²) in [5.74, 6) is 2.24. The molecule has 2 aromatic heterocycles. The molecule has 0 amide bonds. The summed E-state index contributed by atoms with van der Waals surface area (Å²) >= 11 is 0. The number of pyridine rings is 1. The fourth-order valence-electron chi connectivity index (χ4n) is 5.81. The van der Waals surface area contributed by atoms with Gasteiger partial charge in [-0.1, -0.05) is 115 Å². The van der Waals surface area contributed by atoms with Gasteiger partial charge in [0.25, 0.3) is 0 Å². The average Bonchev–Trinajstić information content (AvgIpc) is 3.14. The zero-order valence-electron chi connectivity index (χ0n) is 24.3. The summed E-state index contributed by atoms with van der Waals surface area (Å²) in [5, 5.41) is 0. The molecule has 45 heavy (non-hydrogen) atoms. The SMILES string of the molecule is C1=Cc2ccc(-c3nc(-c4ccccc4)cc(-c4cccnc4)n3)cc2-c2ccccc2Oc2ccccc2-c2ccccc21. The van der Waals surface area contributed by atoms with E-state index in [0.29, 0.717) is 5.82 Å². The molecule has 0 saturated heterocycles. The largest absolute Gasteiger partial charge is 0.456 e. The van der Waals surface area contributed by atoms with Crippen molar-refractivity contribution in [2.75, 3.05) is 0 Å². The number of nitrogens with zero attached hydrogens (tertiary/aromatic N) is 3. The van der Waals surface area contributed by atoms with Crippen LogP contribution in [0.2, 0.25) is 0 Å². The first-order valence-corrected chi connectivity index (χ1v) is 14.9. The standard InChI is InChI=1S/C41H27N3O/c1-2-12-30(13-3-1)37-26-38(32-14-10-24-42-27-32)44-41(43-37)31-23-22-29-21-20-28-11-4-5-15-33(28)34-16-6-8-18-39(34)45-40-19-9-7-17-35(40)36(29)25-31/h1-27H. The smallest absolute Gasteiger partial charge is 0.160 e. The molecule has 1 aliphatic rings. The fraction of sp³-hybridized carbons (Fsp3) is 0. The minimum atomic E-state index is 0.644. The highest BCUT2D eigenvalue weighted by Gasteiger charge is 2.18. The van der Waals surface area contributed by atoms with Crippen LogP contribution in [0.4, 0.5) is 0 Å². The number of benzene rings is 5. The lowest BCUT2D eigenvalue weighted by atomic mass is 9.94. The molecule has 1 aliphatic heterocycles. The Kier molecular flexibility index (Phi) is 6.78. The summed E-state index contributed by atoms with van der Waals surface area (Å²) in [5.41, 5.74) is 10.9. The van der Waals surface area contributed by atoms with E-state index in [1.807, 2.05) is 66.9 Å². The van der Waals surface area contributed by atoms with Crippen LogP contribution in [0.1, 0.15) is 11.1 Å². The van der Waals surface area contributed by atoms with Crippen LogP contribution in [0.25, 0.3) is 68.3 Å². The molecule has 4 heteroatoms. The van der Waals surface area contributed by atoms with E-state index < -0.39 is 0 Å². The molecule has 0 aliphatic carbocycles. The zero-order chi connectivity index (χ0) is 30.0. The summed E-state index contributed by atoms with van der Waals surface area (Å²) in [4.78, 5) is 14.5. The van der Waals surface area contributed by atoms with Gasteiger partial charge in [0.1, 0.15) is 11.5 Å². The Bertz CT molecular complexity index is 2130. The molecule has 0 atom stereocenters. The molecule has 0 N–H and O–H groups in total. The van der Waals surface area contributed by atoms with Crippen molar-refractivity contribution in [3.63, 3.8) is 0 Å². The van der Waals surface area contributed by atoms with Gasteiger partial charge in [0.15, 0.2) is 5.82 Å². The number of rotatable bonds is 3. The summed E-state index contributed by atoms with van der Waals surface area (Å²) in [7, 11) is 0. The van der Waals surface area contributed by atoms with Gasteiger partial charge >= 0.3 is 0 Å². The van der Waals surface area contributed by atoms with Crippen LogP contribution in [0, 0.1) is 0 Å². The maximum absolute atomic E-state index is 6.72. The third kappa shape index (κ3) is 5.19. The van der Waals surface area contributed by atoms with Crippen LogP contribution in [0.3, 0.4) is 0 Å². The summed E-state index contributed by atoms with van der Waals surface area (Å²) in [6.07, 6.45) is 7.98. The van der Waals surface area contributed by atoms with Crippen molar-refractivity contribution >= 4 is 12.2 Å². The molecule has 212 valence electrons. The first kappa shape index (κ1) is 26.5. The molecule has 0 radical (unpaired) electrons. The highest BCUT2D eigenvalue weighted by Crippen LogP contribution is 2.42.